The molecule has 0 atom stereocenters. The Morgan fingerprint density at radius 1 is 0.929 bits per heavy atom. The van der Waals surface area contributed by atoms with Gasteiger partial charge in [0.25, 0.3) is 0 Å². The number of halogens is 1. The van der Waals surface area contributed by atoms with Crippen molar-refractivity contribution in [1.82, 2.24) is 15.0 Å². The highest BCUT2D eigenvalue weighted by atomic mass is 35.5. The number of sulfone groups is 1. The molecular formula is C20H16ClN3O3S. The van der Waals surface area contributed by atoms with Crippen LogP contribution < -0.4 is 5.69 Å². The van der Waals surface area contributed by atoms with E-state index in [0.717, 1.165) is 22.3 Å². The largest absolute Gasteiger partial charge is 0.325 e. The first-order chi connectivity index (χ1) is 13.3. The van der Waals surface area contributed by atoms with E-state index in [-0.39, 0.29) is 11.4 Å². The van der Waals surface area contributed by atoms with Gasteiger partial charge in [-0.2, -0.15) is 0 Å². The van der Waals surface area contributed by atoms with Gasteiger partial charge in [0.15, 0.2) is 15.5 Å². The standard InChI is InChI=1S/C20H16ClN3O3S/c1-28(26,27)11-12-2-4-13(5-3-12)14-6-8-15(9-7-14)18-16(21)10-17-19(23-18)24-20(25)22-17/h2-10H,11H2,1H3,(H2,22,23,24,25). The van der Waals surface area contributed by atoms with Crippen molar-refractivity contribution in [2.45, 2.75) is 5.75 Å². The Kier molecular flexibility index (Phi) is 4.56. The lowest BCUT2D eigenvalue weighted by Gasteiger charge is -2.07. The molecular weight excluding hydrogens is 398 g/mol. The van der Waals surface area contributed by atoms with Crippen molar-refractivity contribution in [2.24, 2.45) is 0 Å². The molecule has 142 valence electrons. The van der Waals surface area contributed by atoms with Crippen molar-refractivity contribution in [2.75, 3.05) is 6.26 Å². The molecule has 6 nitrogen and oxygen atoms in total. The number of hydrogen-bond donors (Lipinski definition) is 2. The van der Waals surface area contributed by atoms with Gasteiger partial charge in [-0.3, -0.25) is 4.98 Å². The Labute approximate surface area is 166 Å². The van der Waals surface area contributed by atoms with E-state index in [2.05, 4.69) is 15.0 Å². The molecule has 0 spiro atoms. The number of rotatable bonds is 4. The van der Waals surface area contributed by atoms with Crippen molar-refractivity contribution >= 4 is 32.6 Å². The number of hydrogen-bond acceptors (Lipinski definition) is 4. The fourth-order valence-electron chi connectivity index (χ4n) is 3.06. The number of benzene rings is 2. The van der Waals surface area contributed by atoms with Gasteiger partial charge in [-0.25, -0.2) is 18.2 Å². The van der Waals surface area contributed by atoms with Crippen molar-refractivity contribution in [1.29, 1.82) is 0 Å². The van der Waals surface area contributed by atoms with Crippen LogP contribution in [0.3, 0.4) is 0 Å². The van der Waals surface area contributed by atoms with Gasteiger partial charge in [-0.1, -0.05) is 60.1 Å². The van der Waals surface area contributed by atoms with E-state index in [1.807, 2.05) is 48.5 Å². The number of fused-ring (bicyclic) bond motifs is 1. The molecule has 4 aromatic rings. The van der Waals surface area contributed by atoms with Gasteiger partial charge in [-0.05, 0) is 22.8 Å². The SMILES string of the molecule is CS(=O)(=O)Cc1ccc(-c2ccc(-c3nc4[nH]c(=O)[nH]c4cc3Cl)cc2)cc1. The van der Waals surface area contributed by atoms with Crippen molar-refractivity contribution in [3.8, 4) is 22.4 Å². The summed E-state index contributed by atoms with van der Waals surface area (Å²) < 4.78 is 22.8. The zero-order chi connectivity index (χ0) is 19.9. The summed E-state index contributed by atoms with van der Waals surface area (Å²) in [6, 6.07) is 16.8. The zero-order valence-corrected chi connectivity index (χ0v) is 16.4. The number of H-pyrrole nitrogens is 2. The van der Waals surface area contributed by atoms with Crippen LogP contribution >= 0.6 is 11.6 Å². The number of nitrogens with zero attached hydrogens (tertiary/aromatic N) is 1. The third-order valence-electron chi connectivity index (χ3n) is 4.33. The van der Waals surface area contributed by atoms with Gasteiger partial charge >= 0.3 is 5.69 Å². The third kappa shape index (κ3) is 3.85. The second-order valence-electron chi connectivity index (χ2n) is 6.64. The molecule has 2 N–H and O–H groups in total. The van der Waals surface area contributed by atoms with Crippen LogP contribution in [0.15, 0.2) is 59.4 Å². The molecule has 0 aliphatic rings. The molecule has 8 heteroatoms. The first kappa shape index (κ1) is 18.5. The fraction of sp³-hybridized carbons (Fsp3) is 0.100. The minimum Gasteiger partial charge on any atom is -0.304 e. The Morgan fingerprint density at radius 2 is 1.50 bits per heavy atom. The molecule has 0 saturated heterocycles. The molecule has 0 bridgehead atoms. The average Bonchev–Trinajstić information content (AvgIpc) is 2.99. The number of nitrogens with one attached hydrogen (secondary N) is 2. The molecule has 0 aliphatic carbocycles. The molecule has 0 saturated carbocycles. The summed E-state index contributed by atoms with van der Waals surface area (Å²) in [5.74, 6) is 0.0279. The highest BCUT2D eigenvalue weighted by molar-refractivity contribution is 7.89. The summed E-state index contributed by atoms with van der Waals surface area (Å²) in [4.78, 5) is 21.1. The Balaban J connectivity index is 1.64. The third-order valence-corrected chi connectivity index (χ3v) is 5.48. The minimum absolute atomic E-state index is 0.0279. The van der Waals surface area contributed by atoms with Gasteiger partial charge in [0.1, 0.15) is 0 Å². The average molecular weight is 414 g/mol. The summed E-state index contributed by atoms with van der Waals surface area (Å²) >= 11 is 6.33. The first-order valence-corrected chi connectivity index (χ1v) is 10.9. The monoisotopic (exact) mass is 413 g/mol. The molecule has 4 rings (SSSR count). The lowest BCUT2D eigenvalue weighted by Crippen LogP contribution is -2.00. The molecule has 0 radical (unpaired) electrons. The first-order valence-electron chi connectivity index (χ1n) is 8.44. The van der Waals surface area contributed by atoms with Crippen molar-refractivity contribution in [3.05, 3.63) is 75.7 Å². The molecule has 28 heavy (non-hydrogen) atoms. The van der Waals surface area contributed by atoms with E-state index >= 15 is 0 Å². The van der Waals surface area contributed by atoms with Crippen LogP contribution in [0.5, 0.6) is 0 Å². The van der Waals surface area contributed by atoms with Crippen molar-refractivity contribution < 1.29 is 8.42 Å². The second-order valence-corrected chi connectivity index (χ2v) is 9.19. The Bertz CT molecular complexity index is 1320. The lowest BCUT2D eigenvalue weighted by atomic mass is 10.0. The molecule has 2 aromatic carbocycles. The second kappa shape index (κ2) is 6.92. The van der Waals surface area contributed by atoms with Gasteiger partial charge in [0.05, 0.1) is 22.0 Å². The molecule has 0 amide bonds. The predicted octanol–water partition coefficient (Wildman–Crippen LogP) is 3.78. The molecule has 2 heterocycles. The van der Waals surface area contributed by atoms with Crippen molar-refractivity contribution in [3.63, 3.8) is 0 Å². The summed E-state index contributed by atoms with van der Waals surface area (Å²) in [6.45, 7) is 0. The van der Waals surface area contributed by atoms with E-state index < -0.39 is 9.84 Å². The van der Waals surface area contributed by atoms with E-state index in [9.17, 15) is 13.2 Å². The molecule has 0 unspecified atom stereocenters. The van der Waals surface area contributed by atoms with Crippen LogP contribution in [0.25, 0.3) is 33.5 Å². The topological polar surface area (TPSA) is 95.7 Å². The number of aromatic nitrogens is 3. The normalized spacial score (nSPS) is 11.8. The van der Waals surface area contributed by atoms with Crippen LogP contribution in [0.2, 0.25) is 5.02 Å². The number of pyridine rings is 1. The summed E-state index contributed by atoms with van der Waals surface area (Å²) in [5.41, 5.74) is 4.82. The predicted molar refractivity (Wildman–Crippen MR) is 111 cm³/mol. The summed E-state index contributed by atoms with van der Waals surface area (Å²) in [7, 11) is -3.05. The van der Waals surface area contributed by atoms with E-state index in [4.69, 9.17) is 11.6 Å². The van der Waals surface area contributed by atoms with Crippen LogP contribution in [0.1, 0.15) is 5.56 Å². The summed E-state index contributed by atoms with van der Waals surface area (Å²) in [5, 5.41) is 0.445. The summed E-state index contributed by atoms with van der Waals surface area (Å²) in [6.07, 6.45) is 1.22. The van der Waals surface area contributed by atoms with Gasteiger partial charge in [0.2, 0.25) is 0 Å². The van der Waals surface area contributed by atoms with Gasteiger partial charge in [0, 0.05) is 11.8 Å². The minimum atomic E-state index is -3.05. The highest BCUT2D eigenvalue weighted by Crippen LogP contribution is 2.30. The molecule has 0 aliphatic heterocycles. The maximum absolute atomic E-state index is 11.4. The van der Waals surface area contributed by atoms with Crippen LogP contribution in [-0.2, 0) is 15.6 Å². The molecule has 0 fully saturated rings. The zero-order valence-electron chi connectivity index (χ0n) is 14.9. The fourth-order valence-corrected chi connectivity index (χ4v) is 4.12. The van der Waals surface area contributed by atoms with Gasteiger partial charge < -0.3 is 4.98 Å². The van der Waals surface area contributed by atoms with Crippen LogP contribution in [-0.4, -0.2) is 29.6 Å². The van der Waals surface area contributed by atoms with Crippen LogP contribution in [0.4, 0.5) is 0 Å². The maximum Gasteiger partial charge on any atom is 0.325 e. The van der Waals surface area contributed by atoms with Crippen LogP contribution in [0, 0.1) is 0 Å². The Hall–Kier alpha value is -2.90. The van der Waals surface area contributed by atoms with E-state index in [1.54, 1.807) is 6.07 Å². The lowest BCUT2D eigenvalue weighted by molar-refractivity contribution is 0.601. The smallest absolute Gasteiger partial charge is 0.304 e. The van der Waals surface area contributed by atoms with Gasteiger partial charge in [-0.15, -0.1) is 0 Å². The van der Waals surface area contributed by atoms with E-state index in [0.29, 0.717) is 21.9 Å². The molecule has 2 aromatic heterocycles. The quantitative estimate of drug-likeness (QED) is 0.532. The number of imidazole rings is 1. The van der Waals surface area contributed by atoms with E-state index in [1.165, 1.54) is 6.26 Å². The maximum atomic E-state index is 11.4. The number of aromatic amines is 2. The highest BCUT2D eigenvalue weighted by Gasteiger charge is 2.10. The Morgan fingerprint density at radius 3 is 2.11 bits per heavy atom.